The quantitative estimate of drug-likeness (QED) is 0.497. The van der Waals surface area contributed by atoms with Crippen LogP contribution >= 0.6 is 0 Å². The third kappa shape index (κ3) is 5.03. The molecule has 1 aliphatic heterocycles. The van der Waals surface area contributed by atoms with Crippen LogP contribution < -0.4 is 14.2 Å². The van der Waals surface area contributed by atoms with E-state index in [2.05, 4.69) is 30.3 Å². The van der Waals surface area contributed by atoms with E-state index in [1.165, 1.54) is 5.56 Å². The summed E-state index contributed by atoms with van der Waals surface area (Å²) in [5.41, 5.74) is 5.35. The molecule has 0 aromatic heterocycles. The zero-order valence-corrected chi connectivity index (χ0v) is 19.3. The summed E-state index contributed by atoms with van der Waals surface area (Å²) in [6.45, 7) is 0.587. The Kier molecular flexibility index (Phi) is 6.98. The molecule has 1 aliphatic rings. The SMILES string of the molecule is COc1cc(CCN2C=Cc3ccc(OC)c(OC)c3CC2=O)ccc1Cc1ccccc1. The summed E-state index contributed by atoms with van der Waals surface area (Å²) in [5.74, 6) is 2.16. The number of nitrogens with zero attached hydrogens (tertiary/aromatic N) is 1. The van der Waals surface area contributed by atoms with E-state index in [1.807, 2.05) is 42.6 Å². The van der Waals surface area contributed by atoms with Crippen molar-refractivity contribution < 1.29 is 19.0 Å². The summed E-state index contributed by atoms with van der Waals surface area (Å²) in [7, 11) is 4.90. The van der Waals surface area contributed by atoms with Gasteiger partial charge in [0.25, 0.3) is 0 Å². The number of carbonyl (C=O) groups is 1. The zero-order chi connectivity index (χ0) is 23.2. The van der Waals surface area contributed by atoms with Crippen LogP contribution in [0.5, 0.6) is 17.2 Å². The third-order valence-electron chi connectivity index (χ3n) is 6.00. The molecule has 0 fully saturated rings. The van der Waals surface area contributed by atoms with E-state index in [0.717, 1.165) is 40.8 Å². The number of benzene rings is 3. The van der Waals surface area contributed by atoms with E-state index >= 15 is 0 Å². The fourth-order valence-electron chi connectivity index (χ4n) is 4.21. The summed E-state index contributed by atoms with van der Waals surface area (Å²) in [6.07, 6.45) is 5.64. The van der Waals surface area contributed by atoms with Gasteiger partial charge in [-0.3, -0.25) is 4.79 Å². The summed E-state index contributed by atoms with van der Waals surface area (Å²) in [4.78, 5) is 14.8. The van der Waals surface area contributed by atoms with Crippen LogP contribution in [0.1, 0.15) is 27.8 Å². The highest BCUT2D eigenvalue weighted by molar-refractivity contribution is 5.85. The number of ether oxygens (including phenoxy) is 3. The van der Waals surface area contributed by atoms with Crippen molar-refractivity contribution in [1.29, 1.82) is 0 Å². The predicted molar refractivity (Wildman–Crippen MR) is 130 cm³/mol. The van der Waals surface area contributed by atoms with Gasteiger partial charge in [-0.1, -0.05) is 48.5 Å². The molecule has 5 nitrogen and oxygen atoms in total. The minimum atomic E-state index is 0.0317. The maximum absolute atomic E-state index is 13.0. The first kappa shape index (κ1) is 22.5. The molecule has 0 saturated carbocycles. The van der Waals surface area contributed by atoms with Gasteiger partial charge in [-0.05, 0) is 46.9 Å². The summed E-state index contributed by atoms with van der Waals surface area (Å²) in [6, 6.07) is 20.5. The van der Waals surface area contributed by atoms with Gasteiger partial charge in [0.15, 0.2) is 11.5 Å². The zero-order valence-electron chi connectivity index (χ0n) is 19.3. The van der Waals surface area contributed by atoms with Crippen molar-refractivity contribution >= 4 is 12.0 Å². The number of methoxy groups -OCH3 is 3. The van der Waals surface area contributed by atoms with E-state index in [4.69, 9.17) is 14.2 Å². The number of hydrogen-bond donors (Lipinski definition) is 0. The molecule has 5 heteroatoms. The Balaban J connectivity index is 1.46. The molecule has 170 valence electrons. The van der Waals surface area contributed by atoms with Crippen molar-refractivity contribution in [2.45, 2.75) is 19.3 Å². The first-order valence-electron chi connectivity index (χ1n) is 11.0. The molecule has 1 amide bonds. The molecule has 0 unspecified atom stereocenters. The monoisotopic (exact) mass is 443 g/mol. The summed E-state index contributed by atoms with van der Waals surface area (Å²) >= 11 is 0. The Morgan fingerprint density at radius 3 is 2.36 bits per heavy atom. The minimum Gasteiger partial charge on any atom is -0.496 e. The van der Waals surface area contributed by atoms with E-state index < -0.39 is 0 Å². The largest absolute Gasteiger partial charge is 0.496 e. The van der Waals surface area contributed by atoms with Gasteiger partial charge in [0.2, 0.25) is 5.91 Å². The summed E-state index contributed by atoms with van der Waals surface area (Å²) < 4.78 is 16.6. The van der Waals surface area contributed by atoms with Crippen LogP contribution in [0.4, 0.5) is 0 Å². The molecule has 0 saturated heterocycles. The Morgan fingerprint density at radius 1 is 0.848 bits per heavy atom. The second-order valence-electron chi connectivity index (χ2n) is 8.01. The second kappa shape index (κ2) is 10.3. The van der Waals surface area contributed by atoms with Crippen molar-refractivity contribution in [2.24, 2.45) is 0 Å². The van der Waals surface area contributed by atoms with E-state index in [0.29, 0.717) is 18.0 Å². The predicted octanol–water partition coefficient (Wildman–Crippen LogP) is 4.90. The lowest BCUT2D eigenvalue weighted by Crippen LogP contribution is -2.28. The fraction of sp³-hybridized carbons (Fsp3) is 0.250. The van der Waals surface area contributed by atoms with Crippen LogP contribution in [0.25, 0.3) is 6.08 Å². The Bertz CT molecular complexity index is 1150. The van der Waals surface area contributed by atoms with Gasteiger partial charge in [0, 0.05) is 24.7 Å². The number of hydrogen-bond acceptors (Lipinski definition) is 4. The van der Waals surface area contributed by atoms with Gasteiger partial charge in [0.1, 0.15) is 5.75 Å². The molecule has 0 atom stereocenters. The summed E-state index contributed by atoms with van der Waals surface area (Å²) in [5, 5.41) is 0. The molecule has 3 aromatic carbocycles. The Hall–Kier alpha value is -3.73. The first-order chi connectivity index (χ1) is 16.1. The molecule has 3 aromatic rings. The molecule has 4 rings (SSSR count). The van der Waals surface area contributed by atoms with Crippen LogP contribution in [0.15, 0.2) is 66.9 Å². The van der Waals surface area contributed by atoms with Gasteiger partial charge >= 0.3 is 0 Å². The van der Waals surface area contributed by atoms with Crippen LogP contribution in [-0.4, -0.2) is 38.7 Å². The maximum atomic E-state index is 13.0. The smallest absolute Gasteiger partial charge is 0.231 e. The minimum absolute atomic E-state index is 0.0317. The first-order valence-corrected chi connectivity index (χ1v) is 11.0. The van der Waals surface area contributed by atoms with Crippen LogP contribution in [0.3, 0.4) is 0 Å². The van der Waals surface area contributed by atoms with Gasteiger partial charge in [0.05, 0.1) is 27.8 Å². The second-order valence-corrected chi connectivity index (χ2v) is 8.01. The van der Waals surface area contributed by atoms with Gasteiger partial charge in [-0.2, -0.15) is 0 Å². The maximum Gasteiger partial charge on any atom is 0.231 e. The van der Waals surface area contributed by atoms with Gasteiger partial charge in [-0.25, -0.2) is 0 Å². The van der Waals surface area contributed by atoms with Crippen molar-refractivity contribution in [3.63, 3.8) is 0 Å². The average molecular weight is 444 g/mol. The molecule has 1 heterocycles. The average Bonchev–Trinajstić information content (AvgIpc) is 3.01. The van der Waals surface area contributed by atoms with Crippen LogP contribution in [0.2, 0.25) is 0 Å². The molecule has 0 radical (unpaired) electrons. The normalized spacial score (nSPS) is 12.8. The molecule has 33 heavy (non-hydrogen) atoms. The molecule has 0 bridgehead atoms. The van der Waals surface area contributed by atoms with E-state index in [-0.39, 0.29) is 12.3 Å². The van der Waals surface area contributed by atoms with Crippen molar-refractivity contribution in [2.75, 3.05) is 27.9 Å². The van der Waals surface area contributed by atoms with E-state index in [1.54, 1.807) is 26.2 Å². The van der Waals surface area contributed by atoms with Gasteiger partial charge < -0.3 is 19.1 Å². The molecular weight excluding hydrogens is 414 g/mol. The Morgan fingerprint density at radius 2 is 1.64 bits per heavy atom. The lowest BCUT2D eigenvalue weighted by atomic mass is 10.0. The third-order valence-corrected chi connectivity index (χ3v) is 6.00. The number of carbonyl (C=O) groups excluding carboxylic acids is 1. The van der Waals surface area contributed by atoms with E-state index in [9.17, 15) is 4.79 Å². The number of rotatable bonds is 8. The molecule has 0 spiro atoms. The number of fused-ring (bicyclic) bond motifs is 1. The number of amides is 1. The van der Waals surface area contributed by atoms with Crippen LogP contribution in [-0.2, 0) is 24.1 Å². The molecular formula is C28H29NO4. The van der Waals surface area contributed by atoms with Crippen molar-refractivity contribution in [1.82, 2.24) is 4.90 Å². The van der Waals surface area contributed by atoms with Crippen LogP contribution in [0, 0.1) is 0 Å². The van der Waals surface area contributed by atoms with Crippen molar-refractivity contribution in [3.8, 4) is 17.2 Å². The Labute approximate surface area is 195 Å². The standard InChI is InChI=1S/C28H29NO4/c1-31-25-12-11-22-14-16-29(27(30)19-24(22)28(25)33-3)15-13-21-9-10-23(26(18-21)32-2)17-20-7-5-4-6-8-20/h4-12,14,16,18H,13,15,17,19H2,1-3H3. The topological polar surface area (TPSA) is 48.0 Å². The van der Waals surface area contributed by atoms with Gasteiger partial charge in [-0.15, -0.1) is 0 Å². The highest BCUT2D eigenvalue weighted by atomic mass is 16.5. The lowest BCUT2D eigenvalue weighted by Gasteiger charge is -2.18. The molecule has 0 aliphatic carbocycles. The van der Waals surface area contributed by atoms with Crippen molar-refractivity contribution in [3.05, 3.63) is 94.7 Å². The highest BCUT2D eigenvalue weighted by Gasteiger charge is 2.22. The fourth-order valence-corrected chi connectivity index (χ4v) is 4.21. The molecule has 0 N–H and O–H groups in total. The lowest BCUT2D eigenvalue weighted by molar-refractivity contribution is -0.127. The highest BCUT2D eigenvalue weighted by Crippen LogP contribution is 2.36.